The van der Waals surface area contributed by atoms with Gasteiger partial charge in [0.05, 0.1) is 42.0 Å². The summed E-state index contributed by atoms with van der Waals surface area (Å²) in [6, 6.07) is 15.5. The van der Waals surface area contributed by atoms with Crippen molar-refractivity contribution in [2.75, 3.05) is 25.2 Å². The Hall–Kier alpha value is -5.62. The fourth-order valence-electron chi connectivity index (χ4n) is 6.70. The molecule has 0 atom stereocenters. The van der Waals surface area contributed by atoms with Crippen LogP contribution in [0.15, 0.2) is 90.7 Å². The van der Waals surface area contributed by atoms with E-state index in [2.05, 4.69) is 56.9 Å². The molecule has 1 heterocycles. The third-order valence-corrected chi connectivity index (χ3v) is 9.43. The minimum Gasteiger partial charge on any atom is -0.466 e. The summed E-state index contributed by atoms with van der Waals surface area (Å²) in [6.07, 6.45) is 11.2. The molecule has 0 saturated carbocycles. The molecule has 0 aromatic heterocycles. The second-order valence-corrected chi connectivity index (χ2v) is 14.2. The number of non-ortho nitro benzene ring substituents is 2. The number of carbonyl (C=O) groups excluding carboxylic acids is 2. The Morgan fingerprint density at radius 1 is 0.830 bits per heavy atom. The van der Waals surface area contributed by atoms with Gasteiger partial charge >= 0.3 is 11.9 Å². The van der Waals surface area contributed by atoms with E-state index >= 15 is 0 Å². The highest BCUT2D eigenvalue weighted by atomic mass is 16.6. The number of rotatable bonds is 16. The van der Waals surface area contributed by atoms with Gasteiger partial charge in [-0.05, 0) is 66.6 Å². The van der Waals surface area contributed by atoms with Crippen molar-refractivity contribution in [3.8, 4) is 0 Å². The lowest BCUT2D eigenvalue weighted by molar-refractivity contribution is -0.589. The number of quaternary nitrogens is 1. The summed E-state index contributed by atoms with van der Waals surface area (Å²) in [5.74, 6) is -0.565. The van der Waals surface area contributed by atoms with Crippen molar-refractivity contribution < 1.29 is 34.2 Å². The second-order valence-electron chi connectivity index (χ2n) is 14.2. The standard InChI is InChI=1S/C41H48N4O8/c1-8-52-38(46)24-28-15-17-35(42-27-30-20-31(44(48)49)26-32(21-30)45(50)51)33(22-28)40(3,4)19-13-11-10-12-14-37-41(5,6)34-23-29(25-39(47)53-9-2)16-18-36(34)43(37)7/h10-18,20-23,26,42H,8-9,19,24-25,27H2,1-7H3/p+1/b12-10+,13-11+,37-14+. The Bertz CT molecular complexity index is 1930. The molecule has 1 aliphatic heterocycles. The molecule has 4 rings (SSSR count). The number of hydrogen-bond donors (Lipinski definition) is 1. The number of fused-ring (bicyclic) bond motifs is 1. The molecule has 2 N–H and O–H groups in total. The largest absolute Gasteiger partial charge is 0.466 e. The molecule has 53 heavy (non-hydrogen) atoms. The Balaban J connectivity index is 1.53. The second kappa shape index (κ2) is 17.3. The predicted molar refractivity (Wildman–Crippen MR) is 204 cm³/mol. The first-order chi connectivity index (χ1) is 25.1. The van der Waals surface area contributed by atoms with Gasteiger partial charge in [0.2, 0.25) is 0 Å². The Kier molecular flexibility index (Phi) is 13.1. The van der Waals surface area contributed by atoms with E-state index in [0.717, 1.165) is 45.4 Å². The molecule has 1 aliphatic rings. The topological polar surface area (TPSA) is 159 Å². The van der Waals surface area contributed by atoms with Crippen molar-refractivity contribution in [1.29, 1.82) is 0 Å². The summed E-state index contributed by atoms with van der Waals surface area (Å²) >= 11 is 0. The number of likely N-dealkylation sites (N-methyl/N-ethyl adjacent to an activating group) is 1. The number of benzene rings is 3. The van der Waals surface area contributed by atoms with Gasteiger partial charge in [0, 0.05) is 47.1 Å². The molecule has 0 amide bonds. The van der Waals surface area contributed by atoms with Crippen molar-refractivity contribution in [2.45, 2.75) is 78.2 Å². The molecular formula is C41H49N4O8+. The number of nitrogens with zero attached hydrogens (tertiary/aromatic N) is 3. The highest BCUT2D eigenvalue weighted by Crippen LogP contribution is 2.47. The molecule has 0 spiro atoms. The number of anilines is 1. The van der Waals surface area contributed by atoms with E-state index in [1.807, 2.05) is 54.9 Å². The molecule has 280 valence electrons. The first-order valence-corrected chi connectivity index (χ1v) is 17.7. The first kappa shape index (κ1) is 40.2. The van der Waals surface area contributed by atoms with Crippen LogP contribution in [0.5, 0.6) is 0 Å². The SMILES string of the molecule is CCOC(=O)Cc1ccc([NH2+]Cc2cc([N+](=O)[O-])cc([N+](=O)[O-])c2)c(C(C)(C)C/C=C/C=C/C=C2/N(C)c3ccc(CC(=O)OCC)cc3C2(C)C)c1. The van der Waals surface area contributed by atoms with Crippen LogP contribution in [-0.2, 0) is 49.3 Å². The van der Waals surface area contributed by atoms with Crippen LogP contribution in [-0.4, -0.2) is 42.0 Å². The monoisotopic (exact) mass is 725 g/mol. The third kappa shape index (κ3) is 10.0. The van der Waals surface area contributed by atoms with Crippen LogP contribution >= 0.6 is 0 Å². The van der Waals surface area contributed by atoms with E-state index in [1.165, 1.54) is 12.1 Å². The summed E-state index contributed by atoms with van der Waals surface area (Å²) in [5, 5.41) is 24.8. The molecular weight excluding hydrogens is 676 g/mol. The van der Waals surface area contributed by atoms with Gasteiger partial charge in [-0.2, -0.15) is 0 Å². The van der Waals surface area contributed by atoms with Crippen LogP contribution in [0, 0.1) is 20.2 Å². The highest BCUT2D eigenvalue weighted by molar-refractivity contribution is 5.75. The average molecular weight is 726 g/mol. The van der Waals surface area contributed by atoms with E-state index in [0.29, 0.717) is 18.6 Å². The predicted octanol–water partition coefficient (Wildman–Crippen LogP) is 7.20. The molecule has 0 unspecified atom stereocenters. The Morgan fingerprint density at radius 2 is 1.42 bits per heavy atom. The molecule has 0 aliphatic carbocycles. The van der Waals surface area contributed by atoms with Crippen LogP contribution < -0.4 is 10.2 Å². The molecule has 12 heteroatoms. The lowest BCUT2D eigenvalue weighted by Crippen LogP contribution is -2.76. The average Bonchev–Trinajstić information content (AvgIpc) is 3.28. The smallest absolute Gasteiger partial charge is 0.310 e. The van der Waals surface area contributed by atoms with E-state index in [1.54, 1.807) is 13.8 Å². The van der Waals surface area contributed by atoms with Crippen LogP contribution in [0.3, 0.4) is 0 Å². The number of allylic oxidation sites excluding steroid dienone is 6. The summed E-state index contributed by atoms with van der Waals surface area (Å²) in [7, 11) is 2.04. The molecule has 0 radical (unpaired) electrons. The number of nitrogens with two attached hydrogens (primary N) is 1. The Labute approximate surface area is 310 Å². The van der Waals surface area contributed by atoms with Gasteiger partial charge in [-0.15, -0.1) is 0 Å². The molecule has 3 aromatic carbocycles. The van der Waals surface area contributed by atoms with Gasteiger partial charge in [0.25, 0.3) is 11.4 Å². The lowest BCUT2D eigenvalue weighted by atomic mass is 9.79. The third-order valence-electron chi connectivity index (χ3n) is 9.43. The maximum atomic E-state index is 12.3. The van der Waals surface area contributed by atoms with Crippen LogP contribution in [0.2, 0.25) is 0 Å². The Morgan fingerprint density at radius 3 is 2.00 bits per heavy atom. The van der Waals surface area contributed by atoms with Gasteiger partial charge in [-0.3, -0.25) is 29.8 Å². The maximum absolute atomic E-state index is 12.3. The van der Waals surface area contributed by atoms with Crippen LogP contribution in [0.4, 0.5) is 22.7 Å². The molecule has 3 aromatic rings. The fourth-order valence-corrected chi connectivity index (χ4v) is 6.70. The molecule has 0 bridgehead atoms. The minimum atomic E-state index is -0.635. The van der Waals surface area contributed by atoms with Crippen LogP contribution in [0.1, 0.15) is 75.8 Å². The summed E-state index contributed by atoms with van der Waals surface area (Å²) in [5.41, 5.74) is 6.01. The summed E-state index contributed by atoms with van der Waals surface area (Å²) < 4.78 is 10.3. The number of carbonyl (C=O) groups is 2. The fraction of sp³-hybridized carbons (Fsp3) is 0.366. The van der Waals surface area contributed by atoms with Gasteiger partial charge in [-0.1, -0.05) is 70.2 Å². The van der Waals surface area contributed by atoms with Gasteiger partial charge in [0.15, 0.2) is 0 Å². The van der Waals surface area contributed by atoms with Crippen molar-refractivity contribution in [3.05, 3.63) is 139 Å². The van der Waals surface area contributed by atoms with E-state index in [9.17, 15) is 29.8 Å². The zero-order chi connectivity index (χ0) is 38.9. The van der Waals surface area contributed by atoms with E-state index in [4.69, 9.17) is 9.47 Å². The normalized spacial score (nSPS) is 14.5. The minimum absolute atomic E-state index is 0.114. The zero-order valence-electron chi connectivity index (χ0n) is 31.5. The van der Waals surface area contributed by atoms with Crippen molar-refractivity contribution in [1.82, 2.24) is 0 Å². The van der Waals surface area contributed by atoms with Crippen molar-refractivity contribution in [3.63, 3.8) is 0 Å². The quantitative estimate of drug-likeness (QED) is 0.0530. The molecule has 0 saturated heterocycles. The number of ether oxygens (including phenoxy) is 2. The number of hydrogen-bond acceptors (Lipinski definition) is 9. The van der Waals surface area contributed by atoms with Crippen LogP contribution in [0.25, 0.3) is 0 Å². The van der Waals surface area contributed by atoms with Gasteiger partial charge in [-0.25, -0.2) is 0 Å². The summed E-state index contributed by atoms with van der Waals surface area (Å²) in [6.45, 7) is 13.0. The number of nitro groups is 2. The maximum Gasteiger partial charge on any atom is 0.310 e. The first-order valence-electron chi connectivity index (χ1n) is 17.7. The van der Waals surface area contributed by atoms with Crippen molar-refractivity contribution in [2.24, 2.45) is 0 Å². The van der Waals surface area contributed by atoms with Crippen molar-refractivity contribution >= 4 is 34.7 Å². The van der Waals surface area contributed by atoms with Gasteiger partial charge in [0.1, 0.15) is 12.2 Å². The zero-order valence-corrected chi connectivity index (χ0v) is 31.5. The van der Waals surface area contributed by atoms with Gasteiger partial charge < -0.3 is 19.7 Å². The number of esters is 2. The van der Waals surface area contributed by atoms with E-state index < -0.39 is 15.3 Å². The van der Waals surface area contributed by atoms with E-state index in [-0.39, 0.29) is 54.7 Å². The lowest BCUT2D eigenvalue weighted by Gasteiger charge is -2.26. The molecule has 0 fully saturated rings. The summed E-state index contributed by atoms with van der Waals surface area (Å²) in [4.78, 5) is 48.2. The molecule has 12 nitrogen and oxygen atoms in total. The number of nitro benzene ring substituents is 2. The highest BCUT2D eigenvalue weighted by Gasteiger charge is 2.38.